The van der Waals surface area contributed by atoms with Crippen molar-refractivity contribution in [1.29, 1.82) is 0 Å². The Hall–Kier alpha value is -0.880. The Labute approximate surface area is 827 Å². The fourth-order valence-electron chi connectivity index (χ4n) is 17.9. The van der Waals surface area contributed by atoms with Crippen molar-refractivity contribution in [2.24, 2.45) is 0 Å². The van der Waals surface area contributed by atoms with E-state index in [4.69, 9.17) is 29.9 Å². The van der Waals surface area contributed by atoms with Crippen LogP contribution in [0.5, 0.6) is 0 Å². The van der Waals surface area contributed by atoms with E-state index in [0.717, 1.165) is 91.9 Å². The Morgan fingerprint density at radius 1 is 0.133 bits per heavy atom. The van der Waals surface area contributed by atoms with Crippen LogP contribution < -0.4 is 0 Å². The number of thioether (sulfide) groups is 8. The van der Waals surface area contributed by atoms with E-state index in [2.05, 4.69) is 112 Å². The predicted octanol–water partition coefficient (Wildman–Crippen LogP) is 42.2. The SMILES string of the molecule is CCCCCCCCCCCCSC1=C(SCCCCCCCCCCCC)c2nc1nc1nc(nc3[nH]c(nc4[nH]c(n2)c(SCCCCCCCCCCCC)c4SCCCCCCCCCCCC)c(SCCCCCCCCCCCC)c3SCCCCCCCCCCCC)C(SCCCCCCCCCCCC)=C1SCCCCCCCCCCCC. The highest BCUT2D eigenvalue weighted by atomic mass is 32.2. The van der Waals surface area contributed by atoms with E-state index in [1.807, 2.05) is 47.0 Å². The van der Waals surface area contributed by atoms with Crippen LogP contribution in [0.25, 0.3) is 42.2 Å². The average Bonchev–Trinajstić information content (AvgIpc) is 1.61. The minimum atomic E-state index is 0.821. The molecule has 5 heterocycles. The first kappa shape index (κ1) is 118. The third-order valence-electron chi connectivity index (χ3n) is 26.2. The van der Waals surface area contributed by atoms with Crippen LogP contribution in [-0.2, 0) is 0 Å². The lowest BCUT2D eigenvalue weighted by atomic mass is 10.1. The van der Waals surface area contributed by atoms with Gasteiger partial charge in [0.1, 0.15) is 22.6 Å². The van der Waals surface area contributed by atoms with Crippen LogP contribution in [0, 0.1) is 0 Å². The molecule has 8 nitrogen and oxygen atoms in total. The first-order valence-corrected chi connectivity index (χ1v) is 64.2. The molecule has 0 amide bonds. The highest BCUT2D eigenvalue weighted by Crippen LogP contribution is 2.49. The molecule has 3 aromatic heterocycles. The number of rotatable bonds is 96. The van der Waals surface area contributed by atoms with Gasteiger partial charge in [-0.1, -0.05) is 518 Å². The molecular weight excluding hydrogens is 1710 g/mol. The van der Waals surface area contributed by atoms with Crippen molar-refractivity contribution < 1.29 is 0 Å². The summed E-state index contributed by atoms with van der Waals surface area (Å²) in [6, 6.07) is 0. The maximum absolute atomic E-state index is 6.15. The second-order valence-electron chi connectivity index (χ2n) is 38.5. The Morgan fingerprint density at radius 3 is 0.398 bits per heavy atom. The van der Waals surface area contributed by atoms with Gasteiger partial charge in [-0.05, 0) is 97.4 Å². The summed E-state index contributed by atoms with van der Waals surface area (Å²) < 4.78 is 0. The molecule has 128 heavy (non-hydrogen) atoms. The largest absolute Gasteiger partial charge is 0.323 e. The average molecular weight is 1920 g/mol. The number of unbranched alkanes of at least 4 members (excludes halogenated alkanes) is 72. The molecule has 2 aliphatic rings. The number of aromatic nitrogens is 8. The minimum absolute atomic E-state index is 0.821. The summed E-state index contributed by atoms with van der Waals surface area (Å²) in [5.41, 5.74) is 3.79. The van der Waals surface area contributed by atoms with Crippen LogP contribution in [-0.4, -0.2) is 85.9 Å². The zero-order valence-corrected chi connectivity index (χ0v) is 91.7. The third-order valence-corrected chi connectivity index (χ3v) is 36.1. The number of nitrogens with zero attached hydrogens (tertiary/aromatic N) is 6. The van der Waals surface area contributed by atoms with Crippen molar-refractivity contribution in [3.63, 3.8) is 0 Å². The summed E-state index contributed by atoms with van der Waals surface area (Å²) in [6.45, 7) is 18.7. The molecule has 0 radical (unpaired) electrons. The maximum Gasteiger partial charge on any atom is 0.171 e. The molecule has 0 aliphatic carbocycles. The fourth-order valence-corrected chi connectivity index (χ4v) is 27.3. The van der Waals surface area contributed by atoms with Crippen LogP contribution >= 0.6 is 94.1 Å². The smallest absolute Gasteiger partial charge is 0.171 e. The summed E-state index contributed by atoms with van der Waals surface area (Å²) in [5.74, 6) is 11.8. The van der Waals surface area contributed by atoms with E-state index in [-0.39, 0.29) is 0 Å². The van der Waals surface area contributed by atoms with Gasteiger partial charge in [-0.25, -0.2) is 29.9 Å². The summed E-state index contributed by atoms with van der Waals surface area (Å²) in [4.78, 5) is 54.7. The molecule has 16 heteroatoms. The lowest BCUT2D eigenvalue weighted by molar-refractivity contribution is 0.563. The molecule has 0 saturated heterocycles. The number of fused-ring (bicyclic) bond motifs is 8. The Bertz CT molecular complexity index is 3080. The standard InChI is InChI=1S/C112H202N8S8/c1-9-17-25-33-41-49-57-65-73-81-89-121-97-98(122-90-82-74-66-58-50-42-34-26-18-10-2)106-113-105(97)117-107-99(123-91-83-75-67-59-51-43-35-27-19-11-3)100(124-92-84-76-68-60-52-44-36-28-20-12-4)109(114-107)119-111-103(127-95-87-79-71-63-55-47-39-31-23-15-7)104(128-96-88-80-72-64-56-48-40-32-24-16-8)112(116-111)120-110-102(126-94-86-78-70-62-54-46-38-30-22-14-6)101(108(115-110)118-106)125-93-85-77-69-61-53-45-37-29-21-13-5/h9-96H2,1-8H3,(H2,113,114,115,116,117,118,119,120). The Kier molecular flexibility index (Phi) is 79.4. The zero-order valence-electron chi connectivity index (χ0n) is 85.2. The van der Waals surface area contributed by atoms with Gasteiger partial charge in [0, 0.05) is 0 Å². The van der Waals surface area contributed by atoms with Gasteiger partial charge in [0.25, 0.3) is 0 Å². The minimum Gasteiger partial charge on any atom is -0.323 e. The first-order chi connectivity index (χ1) is 63.5. The molecule has 0 unspecified atom stereocenters. The van der Waals surface area contributed by atoms with Crippen molar-refractivity contribution in [3.8, 4) is 0 Å². The quantitative estimate of drug-likeness (QED) is 0.0413. The van der Waals surface area contributed by atoms with Gasteiger partial charge < -0.3 is 9.97 Å². The monoisotopic (exact) mass is 1920 g/mol. The molecule has 738 valence electrons. The molecule has 0 saturated carbocycles. The van der Waals surface area contributed by atoms with E-state index in [9.17, 15) is 0 Å². The van der Waals surface area contributed by atoms with Gasteiger partial charge in [-0.3, -0.25) is 0 Å². The molecular formula is C112H202N8S8. The predicted molar refractivity (Wildman–Crippen MR) is 593 cm³/mol. The van der Waals surface area contributed by atoms with Crippen molar-refractivity contribution in [2.75, 3.05) is 46.0 Å². The molecule has 0 fully saturated rings. The fraction of sp³-hybridized carbons (Fsp3) is 0.857. The van der Waals surface area contributed by atoms with Gasteiger partial charge in [-0.2, -0.15) is 0 Å². The van der Waals surface area contributed by atoms with Crippen LogP contribution in [0.15, 0.2) is 19.6 Å². The number of nitrogens with one attached hydrogen (secondary N) is 2. The van der Waals surface area contributed by atoms with Crippen LogP contribution in [0.4, 0.5) is 0 Å². The van der Waals surface area contributed by atoms with E-state index in [1.54, 1.807) is 0 Å². The molecule has 2 N–H and O–H groups in total. The second kappa shape index (κ2) is 86.5. The molecule has 8 bridgehead atoms. The highest BCUT2D eigenvalue weighted by Gasteiger charge is 2.30. The van der Waals surface area contributed by atoms with E-state index < -0.39 is 0 Å². The second-order valence-corrected chi connectivity index (χ2v) is 47.3. The van der Waals surface area contributed by atoms with Gasteiger partial charge >= 0.3 is 0 Å². The highest BCUT2D eigenvalue weighted by molar-refractivity contribution is 8.14. The third kappa shape index (κ3) is 57.5. The van der Waals surface area contributed by atoms with Crippen molar-refractivity contribution in [1.82, 2.24) is 39.9 Å². The number of aromatic amines is 2. The van der Waals surface area contributed by atoms with Gasteiger partial charge in [0.2, 0.25) is 0 Å². The van der Waals surface area contributed by atoms with Gasteiger partial charge in [0.15, 0.2) is 23.3 Å². The maximum atomic E-state index is 6.15. The number of H-pyrrole nitrogens is 2. The van der Waals surface area contributed by atoms with Crippen LogP contribution in [0.1, 0.15) is 592 Å². The molecule has 0 spiro atoms. The molecule has 5 rings (SSSR count). The van der Waals surface area contributed by atoms with E-state index in [1.165, 1.54) is 553 Å². The van der Waals surface area contributed by atoms with Crippen molar-refractivity contribution in [3.05, 3.63) is 23.3 Å². The van der Waals surface area contributed by atoms with E-state index in [0.29, 0.717) is 0 Å². The van der Waals surface area contributed by atoms with Crippen LogP contribution in [0.2, 0.25) is 0 Å². The van der Waals surface area contributed by atoms with Crippen molar-refractivity contribution in [2.45, 2.75) is 589 Å². The molecule has 0 aromatic carbocycles. The summed E-state index contributed by atoms with van der Waals surface area (Å²) >= 11 is 16.4. The normalized spacial score (nSPS) is 12.5. The first-order valence-electron chi connectivity index (χ1n) is 56.3. The number of hydrogen-bond donors (Lipinski definition) is 2. The molecule has 0 atom stereocenters. The number of hydrogen-bond acceptors (Lipinski definition) is 14. The molecule has 2 aliphatic heterocycles. The van der Waals surface area contributed by atoms with Gasteiger partial charge in [-0.15, -0.1) is 94.1 Å². The lowest BCUT2D eigenvalue weighted by Crippen LogP contribution is -1.93. The summed E-state index contributed by atoms with van der Waals surface area (Å²) in [6.07, 6.45) is 107. The van der Waals surface area contributed by atoms with Crippen LogP contribution in [0.3, 0.4) is 0 Å². The Balaban J connectivity index is 1.84. The summed E-state index contributed by atoms with van der Waals surface area (Å²) in [7, 11) is 0. The molecule has 3 aromatic rings. The summed E-state index contributed by atoms with van der Waals surface area (Å²) in [5, 5.41) is 0. The topological polar surface area (TPSA) is 109 Å². The Morgan fingerprint density at radius 2 is 0.250 bits per heavy atom. The zero-order chi connectivity index (χ0) is 90.8. The van der Waals surface area contributed by atoms with Gasteiger partial charge in [0.05, 0.1) is 39.2 Å². The van der Waals surface area contributed by atoms with Crippen molar-refractivity contribution >= 4 is 136 Å². The lowest BCUT2D eigenvalue weighted by Gasteiger charge is -2.09. The van der Waals surface area contributed by atoms with E-state index >= 15 is 0 Å².